The Morgan fingerprint density at radius 3 is 1.51 bits per heavy atom. The SMILES string of the molecule is CC(C)(C)Oc1ccc(Nc2ccc(C3(c4ccccc4)c4ccccc4-c4ccccc43)cc2)cc1. The van der Waals surface area contributed by atoms with Crippen LogP contribution in [0.15, 0.2) is 127 Å². The molecule has 0 saturated carbocycles. The van der Waals surface area contributed by atoms with Gasteiger partial charge in [-0.25, -0.2) is 0 Å². The molecule has 0 saturated heterocycles. The third-order valence-corrected chi connectivity index (χ3v) is 7.04. The molecule has 5 aromatic carbocycles. The highest BCUT2D eigenvalue weighted by Gasteiger charge is 2.45. The van der Waals surface area contributed by atoms with Crippen molar-refractivity contribution in [1.29, 1.82) is 0 Å². The Bertz CT molecular complexity index is 1480. The highest BCUT2D eigenvalue weighted by atomic mass is 16.5. The quantitative estimate of drug-likeness (QED) is 0.265. The van der Waals surface area contributed by atoms with Crippen molar-refractivity contribution in [2.75, 3.05) is 5.32 Å². The largest absolute Gasteiger partial charge is 0.488 e. The van der Waals surface area contributed by atoms with Crippen LogP contribution >= 0.6 is 0 Å². The zero-order valence-electron chi connectivity index (χ0n) is 21.5. The van der Waals surface area contributed by atoms with Crippen molar-refractivity contribution in [3.05, 3.63) is 150 Å². The molecule has 0 bridgehead atoms. The van der Waals surface area contributed by atoms with Crippen molar-refractivity contribution >= 4 is 11.4 Å². The number of ether oxygens (including phenoxy) is 1. The Hall–Kier alpha value is -4.30. The Kier molecular flexibility index (Phi) is 5.61. The van der Waals surface area contributed by atoms with Gasteiger partial charge in [0.2, 0.25) is 0 Å². The molecule has 37 heavy (non-hydrogen) atoms. The van der Waals surface area contributed by atoms with Crippen LogP contribution < -0.4 is 10.1 Å². The van der Waals surface area contributed by atoms with E-state index in [2.05, 4.69) is 141 Å². The van der Waals surface area contributed by atoms with E-state index in [1.54, 1.807) is 0 Å². The molecule has 0 radical (unpaired) electrons. The van der Waals surface area contributed by atoms with E-state index < -0.39 is 0 Å². The number of benzene rings is 5. The molecule has 2 nitrogen and oxygen atoms in total. The fraction of sp³-hybridized carbons (Fsp3) is 0.143. The van der Waals surface area contributed by atoms with Gasteiger partial charge in [0.05, 0.1) is 5.41 Å². The summed E-state index contributed by atoms with van der Waals surface area (Å²) in [7, 11) is 0. The number of hydrogen-bond acceptors (Lipinski definition) is 2. The van der Waals surface area contributed by atoms with Gasteiger partial charge in [-0.1, -0.05) is 91.0 Å². The Balaban J connectivity index is 1.40. The lowest BCUT2D eigenvalue weighted by molar-refractivity contribution is 0.131. The van der Waals surface area contributed by atoms with Crippen LogP contribution in [0.1, 0.15) is 43.0 Å². The van der Waals surface area contributed by atoms with Crippen LogP contribution in [-0.4, -0.2) is 5.60 Å². The highest BCUT2D eigenvalue weighted by molar-refractivity contribution is 5.86. The van der Waals surface area contributed by atoms with Crippen molar-refractivity contribution in [1.82, 2.24) is 0 Å². The summed E-state index contributed by atoms with van der Waals surface area (Å²) >= 11 is 0. The maximum atomic E-state index is 5.96. The normalized spacial score (nSPS) is 13.5. The molecule has 5 aromatic rings. The van der Waals surface area contributed by atoms with E-state index in [4.69, 9.17) is 4.74 Å². The van der Waals surface area contributed by atoms with Gasteiger partial charge >= 0.3 is 0 Å². The number of fused-ring (bicyclic) bond motifs is 3. The number of anilines is 2. The van der Waals surface area contributed by atoms with Crippen molar-refractivity contribution < 1.29 is 4.74 Å². The summed E-state index contributed by atoms with van der Waals surface area (Å²) in [5.41, 5.74) is 9.33. The molecular formula is C35H31NO. The summed E-state index contributed by atoms with van der Waals surface area (Å²) in [5.74, 6) is 0.872. The van der Waals surface area contributed by atoms with Gasteiger partial charge in [-0.15, -0.1) is 0 Å². The molecule has 6 rings (SSSR count). The lowest BCUT2D eigenvalue weighted by Gasteiger charge is -2.34. The van der Waals surface area contributed by atoms with Gasteiger partial charge in [-0.05, 0) is 90.6 Å². The van der Waals surface area contributed by atoms with E-state index in [1.165, 1.54) is 33.4 Å². The lowest BCUT2D eigenvalue weighted by atomic mass is 9.68. The van der Waals surface area contributed by atoms with E-state index in [-0.39, 0.29) is 11.0 Å². The van der Waals surface area contributed by atoms with Crippen LogP contribution in [0.4, 0.5) is 11.4 Å². The molecule has 0 spiro atoms. The number of nitrogens with one attached hydrogen (secondary N) is 1. The average Bonchev–Trinajstić information content (AvgIpc) is 3.21. The molecule has 1 aliphatic rings. The van der Waals surface area contributed by atoms with E-state index in [1.807, 2.05) is 12.1 Å². The first-order valence-electron chi connectivity index (χ1n) is 12.9. The van der Waals surface area contributed by atoms with E-state index in [0.29, 0.717) is 0 Å². The maximum Gasteiger partial charge on any atom is 0.120 e. The van der Waals surface area contributed by atoms with Crippen LogP contribution in [-0.2, 0) is 5.41 Å². The molecule has 1 N–H and O–H groups in total. The third-order valence-electron chi connectivity index (χ3n) is 7.04. The lowest BCUT2D eigenvalue weighted by Crippen LogP contribution is -2.28. The first kappa shape index (κ1) is 23.1. The molecule has 0 heterocycles. The van der Waals surface area contributed by atoms with Crippen LogP contribution in [0.25, 0.3) is 11.1 Å². The molecule has 2 heteroatoms. The van der Waals surface area contributed by atoms with Gasteiger partial charge < -0.3 is 10.1 Å². The third kappa shape index (κ3) is 4.09. The molecule has 182 valence electrons. The van der Waals surface area contributed by atoms with E-state index in [0.717, 1.165) is 17.1 Å². The molecule has 1 aliphatic carbocycles. The van der Waals surface area contributed by atoms with Gasteiger partial charge in [-0.3, -0.25) is 0 Å². The second kappa shape index (κ2) is 8.97. The fourth-order valence-electron chi connectivity index (χ4n) is 5.64. The Labute approximate surface area is 219 Å². The van der Waals surface area contributed by atoms with Crippen molar-refractivity contribution in [3.63, 3.8) is 0 Å². The summed E-state index contributed by atoms with van der Waals surface area (Å²) in [6, 6.07) is 45.6. The number of hydrogen-bond donors (Lipinski definition) is 1. The summed E-state index contributed by atoms with van der Waals surface area (Å²) in [4.78, 5) is 0. The predicted octanol–water partition coefficient (Wildman–Crippen LogP) is 8.97. The Morgan fingerprint density at radius 2 is 0.973 bits per heavy atom. The molecule has 0 aliphatic heterocycles. The van der Waals surface area contributed by atoms with Crippen LogP contribution in [0, 0.1) is 0 Å². The van der Waals surface area contributed by atoms with Crippen molar-refractivity contribution in [2.45, 2.75) is 31.8 Å². The second-order valence-electron chi connectivity index (χ2n) is 10.6. The van der Waals surface area contributed by atoms with Gasteiger partial charge in [0.1, 0.15) is 11.4 Å². The molecule has 0 fully saturated rings. The Morgan fingerprint density at radius 1 is 0.514 bits per heavy atom. The molecule has 0 amide bonds. The fourth-order valence-corrected chi connectivity index (χ4v) is 5.64. The predicted molar refractivity (Wildman–Crippen MR) is 154 cm³/mol. The summed E-state index contributed by atoms with van der Waals surface area (Å²) in [6.45, 7) is 6.18. The second-order valence-corrected chi connectivity index (χ2v) is 10.6. The summed E-state index contributed by atoms with van der Waals surface area (Å²) < 4.78 is 5.96. The van der Waals surface area contributed by atoms with Crippen LogP contribution in [0.5, 0.6) is 5.75 Å². The minimum atomic E-state index is -0.362. The monoisotopic (exact) mass is 481 g/mol. The van der Waals surface area contributed by atoms with Crippen LogP contribution in [0.3, 0.4) is 0 Å². The van der Waals surface area contributed by atoms with Gasteiger partial charge in [0.25, 0.3) is 0 Å². The van der Waals surface area contributed by atoms with Gasteiger partial charge in [0.15, 0.2) is 0 Å². The topological polar surface area (TPSA) is 21.3 Å². The minimum Gasteiger partial charge on any atom is -0.488 e. The zero-order chi connectivity index (χ0) is 25.5. The first-order valence-corrected chi connectivity index (χ1v) is 12.9. The van der Waals surface area contributed by atoms with Crippen LogP contribution in [0.2, 0.25) is 0 Å². The van der Waals surface area contributed by atoms with Crippen molar-refractivity contribution in [3.8, 4) is 16.9 Å². The summed E-state index contributed by atoms with van der Waals surface area (Å²) in [5, 5.41) is 3.55. The van der Waals surface area contributed by atoms with Crippen molar-refractivity contribution in [2.24, 2.45) is 0 Å². The highest BCUT2D eigenvalue weighted by Crippen LogP contribution is 2.55. The number of rotatable bonds is 5. The van der Waals surface area contributed by atoms with E-state index >= 15 is 0 Å². The van der Waals surface area contributed by atoms with E-state index in [9.17, 15) is 0 Å². The standard InChI is InChI=1S/C35H31NO/c1-34(2,3)37-29-23-21-28(22-24-29)36-27-19-17-26(18-20-27)35(25-11-5-4-6-12-25)32-15-9-7-13-30(32)31-14-8-10-16-33(31)35/h4-24,36H,1-3H3. The maximum absolute atomic E-state index is 5.96. The first-order chi connectivity index (χ1) is 17.9. The molecule has 0 unspecified atom stereocenters. The van der Waals surface area contributed by atoms with Gasteiger partial charge in [0, 0.05) is 11.4 Å². The average molecular weight is 482 g/mol. The molecule has 0 atom stereocenters. The smallest absolute Gasteiger partial charge is 0.120 e. The zero-order valence-corrected chi connectivity index (χ0v) is 21.5. The summed E-state index contributed by atoms with van der Waals surface area (Å²) in [6.07, 6.45) is 0. The minimum absolute atomic E-state index is 0.211. The van der Waals surface area contributed by atoms with Gasteiger partial charge in [-0.2, -0.15) is 0 Å². The molecule has 0 aromatic heterocycles. The molecular weight excluding hydrogens is 450 g/mol.